The number of ketones is 1. The molecule has 0 atom stereocenters. The highest BCUT2D eigenvalue weighted by atomic mass is 16.3. The molecule has 5 nitrogen and oxygen atoms in total. The van der Waals surface area contributed by atoms with Crippen LogP contribution in [0, 0.1) is 0 Å². The molecule has 0 spiro atoms. The van der Waals surface area contributed by atoms with Gasteiger partial charge in [-0.05, 0) is 48.4 Å². The molecule has 114 valence electrons. The van der Waals surface area contributed by atoms with Crippen LogP contribution in [0.1, 0.15) is 5.56 Å². The van der Waals surface area contributed by atoms with E-state index in [0.717, 1.165) is 16.6 Å². The molecule has 5 heteroatoms. The van der Waals surface area contributed by atoms with Gasteiger partial charge in [0.1, 0.15) is 22.5 Å². The number of allylic oxidation sites excluding steroid dienone is 3. The molecule has 0 aliphatic carbocycles. The molecule has 0 saturated heterocycles. The number of phenols is 1. The maximum absolute atomic E-state index is 11.2. The Morgan fingerprint density at radius 3 is 2.52 bits per heavy atom. The third-order valence-corrected chi connectivity index (χ3v) is 3.38. The van der Waals surface area contributed by atoms with Crippen LogP contribution in [-0.4, -0.2) is 25.9 Å². The molecule has 0 unspecified atom stereocenters. The van der Waals surface area contributed by atoms with Crippen molar-refractivity contribution >= 4 is 16.8 Å². The van der Waals surface area contributed by atoms with Crippen LogP contribution in [0.3, 0.4) is 0 Å². The highest BCUT2D eigenvalue weighted by Crippen LogP contribution is 2.23. The highest BCUT2D eigenvalue weighted by Gasteiger charge is 2.09. The van der Waals surface area contributed by atoms with E-state index < -0.39 is 0 Å². The van der Waals surface area contributed by atoms with Crippen LogP contribution in [0.4, 0.5) is 0 Å². The summed E-state index contributed by atoms with van der Waals surface area (Å²) < 4.78 is 0. The normalized spacial score (nSPS) is 11.1. The van der Waals surface area contributed by atoms with Gasteiger partial charge in [-0.1, -0.05) is 30.9 Å². The molecule has 23 heavy (non-hydrogen) atoms. The Kier molecular flexibility index (Phi) is 4.01. The van der Waals surface area contributed by atoms with Gasteiger partial charge in [-0.25, -0.2) is 0 Å². The van der Waals surface area contributed by atoms with Crippen molar-refractivity contribution in [3.63, 3.8) is 0 Å². The molecule has 3 rings (SSSR count). The number of rotatable bonds is 5. The second kappa shape index (κ2) is 6.27. The summed E-state index contributed by atoms with van der Waals surface area (Å²) in [5, 5.41) is 18.8. The fraction of sp³-hybridized carbons (Fsp3) is 0.0556. The number of benzene rings is 2. The quantitative estimate of drug-likeness (QED) is 0.736. The van der Waals surface area contributed by atoms with Crippen molar-refractivity contribution in [1.82, 2.24) is 15.0 Å². The average molecular weight is 305 g/mol. The molecule has 1 heterocycles. The molecule has 0 fully saturated rings. The van der Waals surface area contributed by atoms with Crippen LogP contribution in [0.5, 0.6) is 5.75 Å². The Morgan fingerprint density at radius 2 is 1.87 bits per heavy atom. The SMILES string of the molecule is C=CC(=O)C=CCc1ccc(O)c(-n2nc3ccccc3n2)c1. The summed E-state index contributed by atoms with van der Waals surface area (Å²) in [6.45, 7) is 3.42. The van der Waals surface area contributed by atoms with E-state index in [2.05, 4.69) is 16.8 Å². The lowest BCUT2D eigenvalue weighted by molar-refractivity contribution is -0.110. The molecular formula is C18H15N3O2. The number of aromatic hydroxyl groups is 1. The number of hydrogen-bond acceptors (Lipinski definition) is 4. The maximum Gasteiger partial charge on any atom is 0.177 e. The lowest BCUT2D eigenvalue weighted by Crippen LogP contribution is -2.00. The molecule has 0 saturated carbocycles. The minimum Gasteiger partial charge on any atom is -0.506 e. The van der Waals surface area contributed by atoms with Gasteiger partial charge in [-0.15, -0.1) is 15.0 Å². The largest absolute Gasteiger partial charge is 0.506 e. The molecule has 0 radical (unpaired) electrons. The molecule has 1 aromatic heterocycles. The van der Waals surface area contributed by atoms with Gasteiger partial charge in [0.15, 0.2) is 5.78 Å². The van der Waals surface area contributed by atoms with E-state index >= 15 is 0 Å². The number of phenolic OH excluding ortho intramolecular Hbond substituents is 1. The Balaban J connectivity index is 1.92. The third-order valence-electron chi connectivity index (χ3n) is 3.38. The van der Waals surface area contributed by atoms with Crippen LogP contribution in [0.15, 0.2) is 67.3 Å². The minimum atomic E-state index is -0.135. The van der Waals surface area contributed by atoms with Crippen LogP contribution >= 0.6 is 0 Å². The van der Waals surface area contributed by atoms with Crippen molar-refractivity contribution in [2.24, 2.45) is 0 Å². The second-order valence-corrected chi connectivity index (χ2v) is 5.01. The monoisotopic (exact) mass is 305 g/mol. The molecule has 0 aliphatic rings. The van der Waals surface area contributed by atoms with Crippen LogP contribution < -0.4 is 0 Å². The standard InChI is InChI=1S/C18H15N3O2/c1-2-14(22)7-5-6-13-10-11-18(23)17(12-13)21-19-15-8-3-4-9-16(15)20-21/h2-5,7-12,23H,1,6H2. The number of aromatic nitrogens is 3. The van der Waals surface area contributed by atoms with Crippen molar-refractivity contribution in [1.29, 1.82) is 0 Å². The molecular weight excluding hydrogens is 290 g/mol. The van der Waals surface area contributed by atoms with Gasteiger partial charge in [0, 0.05) is 0 Å². The van der Waals surface area contributed by atoms with Crippen molar-refractivity contribution in [3.05, 3.63) is 72.8 Å². The van der Waals surface area contributed by atoms with E-state index in [9.17, 15) is 9.90 Å². The summed E-state index contributed by atoms with van der Waals surface area (Å²) in [6, 6.07) is 12.7. The minimum absolute atomic E-state index is 0.0974. The number of fused-ring (bicyclic) bond motifs is 1. The van der Waals surface area contributed by atoms with Crippen LogP contribution in [-0.2, 0) is 11.2 Å². The predicted octanol–water partition coefficient (Wildman–Crippen LogP) is 2.98. The number of nitrogens with zero attached hydrogens (tertiary/aromatic N) is 3. The number of hydrogen-bond donors (Lipinski definition) is 1. The molecule has 0 amide bonds. The fourth-order valence-corrected chi connectivity index (χ4v) is 2.20. The Labute approximate surface area is 133 Å². The van der Waals surface area contributed by atoms with Crippen molar-refractivity contribution in [2.45, 2.75) is 6.42 Å². The summed E-state index contributed by atoms with van der Waals surface area (Å²) >= 11 is 0. The van der Waals surface area contributed by atoms with E-state index in [1.54, 1.807) is 24.3 Å². The van der Waals surface area contributed by atoms with Crippen LogP contribution in [0.25, 0.3) is 16.7 Å². The van der Waals surface area contributed by atoms with Crippen molar-refractivity contribution in [3.8, 4) is 11.4 Å². The fourth-order valence-electron chi connectivity index (χ4n) is 2.20. The van der Waals surface area contributed by atoms with Gasteiger partial charge in [-0.2, -0.15) is 0 Å². The first-order valence-electron chi connectivity index (χ1n) is 7.14. The average Bonchev–Trinajstić information content (AvgIpc) is 3.00. The number of carbonyl (C=O) groups excluding carboxylic acids is 1. The van der Waals surface area contributed by atoms with Gasteiger partial charge in [0.25, 0.3) is 0 Å². The number of carbonyl (C=O) groups is 1. The smallest absolute Gasteiger partial charge is 0.177 e. The molecule has 0 bridgehead atoms. The van der Waals surface area contributed by atoms with Crippen molar-refractivity contribution in [2.75, 3.05) is 0 Å². The van der Waals surface area contributed by atoms with Gasteiger partial charge < -0.3 is 5.11 Å². The first-order valence-corrected chi connectivity index (χ1v) is 7.14. The zero-order chi connectivity index (χ0) is 16.2. The molecule has 2 aromatic carbocycles. The predicted molar refractivity (Wildman–Crippen MR) is 88.6 cm³/mol. The molecule has 3 aromatic rings. The molecule has 0 aliphatic heterocycles. The lowest BCUT2D eigenvalue weighted by Gasteiger charge is -2.05. The summed E-state index contributed by atoms with van der Waals surface area (Å²) in [6.07, 6.45) is 5.05. The third kappa shape index (κ3) is 3.18. The van der Waals surface area contributed by atoms with Gasteiger partial charge in [-0.3, -0.25) is 4.79 Å². The lowest BCUT2D eigenvalue weighted by atomic mass is 10.1. The summed E-state index contributed by atoms with van der Waals surface area (Å²) in [5.41, 5.74) is 2.96. The first-order chi connectivity index (χ1) is 11.2. The van der Waals surface area contributed by atoms with Gasteiger partial charge in [0.05, 0.1) is 0 Å². The van der Waals surface area contributed by atoms with E-state index in [1.165, 1.54) is 16.9 Å². The Bertz CT molecular complexity index is 877. The zero-order valence-electron chi connectivity index (χ0n) is 12.4. The van der Waals surface area contributed by atoms with E-state index in [1.807, 2.05) is 24.3 Å². The van der Waals surface area contributed by atoms with Gasteiger partial charge >= 0.3 is 0 Å². The Hall–Kier alpha value is -3.21. The zero-order valence-corrected chi connectivity index (χ0v) is 12.4. The summed E-state index contributed by atoms with van der Waals surface area (Å²) in [4.78, 5) is 12.6. The second-order valence-electron chi connectivity index (χ2n) is 5.01. The Morgan fingerprint density at radius 1 is 1.17 bits per heavy atom. The van der Waals surface area contributed by atoms with Crippen molar-refractivity contribution < 1.29 is 9.90 Å². The van der Waals surface area contributed by atoms with E-state index in [0.29, 0.717) is 12.1 Å². The first kappa shape index (κ1) is 14.7. The van der Waals surface area contributed by atoms with Gasteiger partial charge in [0.2, 0.25) is 0 Å². The van der Waals surface area contributed by atoms with Crippen LogP contribution in [0.2, 0.25) is 0 Å². The van der Waals surface area contributed by atoms with E-state index in [-0.39, 0.29) is 11.5 Å². The van der Waals surface area contributed by atoms with E-state index in [4.69, 9.17) is 0 Å². The maximum atomic E-state index is 11.2. The molecule has 1 N–H and O–H groups in total. The topological polar surface area (TPSA) is 68.0 Å². The highest BCUT2D eigenvalue weighted by molar-refractivity contribution is 5.98. The summed E-state index contributed by atoms with van der Waals surface area (Å²) in [5.74, 6) is -0.0378. The summed E-state index contributed by atoms with van der Waals surface area (Å²) in [7, 11) is 0.